The molecule has 1 fully saturated rings. The van der Waals surface area contributed by atoms with Gasteiger partial charge in [-0.2, -0.15) is 0 Å². The Balaban J connectivity index is 1.57. The monoisotopic (exact) mass is 332 g/mol. The maximum Gasteiger partial charge on any atom is 0.225 e. The van der Waals surface area contributed by atoms with Gasteiger partial charge in [-0.3, -0.25) is 4.79 Å². The summed E-state index contributed by atoms with van der Waals surface area (Å²) in [6, 6.07) is 6.47. The van der Waals surface area contributed by atoms with Crippen LogP contribution in [0.15, 0.2) is 18.2 Å². The number of ether oxygens (including phenoxy) is 2. The first-order valence-electron chi connectivity index (χ1n) is 8.96. The van der Waals surface area contributed by atoms with Gasteiger partial charge in [-0.05, 0) is 18.4 Å². The van der Waals surface area contributed by atoms with Crippen LogP contribution in [0.5, 0.6) is 11.5 Å². The first kappa shape index (κ1) is 17.1. The minimum absolute atomic E-state index is 0.0784. The van der Waals surface area contributed by atoms with Crippen molar-refractivity contribution in [3.05, 3.63) is 23.8 Å². The predicted octanol–water partition coefficient (Wildman–Crippen LogP) is 2.44. The number of carbonyl (C=O) groups is 1. The number of nitrogens with one attached hydrogen (secondary N) is 1. The standard InChI is InChI=1S/C19H28N2O3/c1-13(2)19(22)21-8-7-16(14(3)12-21)20-11-15-5-4-6-17-18(15)24-10-9-23-17/h4-6,13-14,16,20H,7-12H2,1-3H3/t14-,16-/m1/s1. The lowest BCUT2D eigenvalue weighted by Gasteiger charge is -2.38. The number of likely N-dealkylation sites (tertiary alicyclic amines) is 1. The Hall–Kier alpha value is -1.75. The van der Waals surface area contributed by atoms with Crippen LogP contribution >= 0.6 is 0 Å². The molecule has 24 heavy (non-hydrogen) atoms. The summed E-state index contributed by atoms with van der Waals surface area (Å²) in [5.41, 5.74) is 1.14. The van der Waals surface area contributed by atoms with Crippen molar-refractivity contribution in [2.45, 2.75) is 39.8 Å². The number of amides is 1. The van der Waals surface area contributed by atoms with Crippen molar-refractivity contribution in [2.24, 2.45) is 11.8 Å². The van der Waals surface area contributed by atoms with Gasteiger partial charge in [-0.15, -0.1) is 0 Å². The van der Waals surface area contributed by atoms with Gasteiger partial charge in [0.2, 0.25) is 5.91 Å². The Labute approximate surface area is 144 Å². The summed E-state index contributed by atoms with van der Waals surface area (Å²) in [7, 11) is 0. The average Bonchev–Trinajstić information content (AvgIpc) is 2.60. The number of piperidine rings is 1. The van der Waals surface area contributed by atoms with Crippen molar-refractivity contribution < 1.29 is 14.3 Å². The quantitative estimate of drug-likeness (QED) is 0.920. The zero-order valence-electron chi connectivity index (χ0n) is 14.9. The molecule has 0 radical (unpaired) electrons. The van der Waals surface area contributed by atoms with E-state index in [1.54, 1.807) is 0 Å². The topological polar surface area (TPSA) is 50.8 Å². The molecule has 1 saturated heterocycles. The lowest BCUT2D eigenvalue weighted by molar-refractivity contribution is -0.136. The zero-order chi connectivity index (χ0) is 17.1. The molecule has 0 aromatic heterocycles. The Bertz CT molecular complexity index is 588. The van der Waals surface area contributed by atoms with Gasteiger partial charge in [0.05, 0.1) is 0 Å². The summed E-state index contributed by atoms with van der Waals surface area (Å²) in [6.07, 6.45) is 0.992. The molecule has 5 heteroatoms. The first-order valence-corrected chi connectivity index (χ1v) is 8.96. The fourth-order valence-corrected chi connectivity index (χ4v) is 3.53. The van der Waals surface area contributed by atoms with E-state index in [2.05, 4.69) is 18.3 Å². The molecule has 1 aromatic carbocycles. The number of para-hydroxylation sites is 1. The number of hydrogen-bond acceptors (Lipinski definition) is 4. The van der Waals surface area contributed by atoms with Crippen LogP contribution in [-0.2, 0) is 11.3 Å². The number of carbonyl (C=O) groups excluding carboxylic acids is 1. The molecule has 1 aromatic rings. The molecule has 0 unspecified atom stereocenters. The molecule has 3 rings (SSSR count). The van der Waals surface area contributed by atoms with E-state index in [-0.39, 0.29) is 11.8 Å². The van der Waals surface area contributed by atoms with Gasteiger partial charge in [-0.25, -0.2) is 0 Å². The summed E-state index contributed by atoms with van der Waals surface area (Å²) in [5, 5.41) is 3.65. The molecule has 2 atom stereocenters. The van der Waals surface area contributed by atoms with Crippen LogP contribution in [0.4, 0.5) is 0 Å². The number of benzene rings is 1. The summed E-state index contributed by atoms with van der Waals surface area (Å²) in [4.78, 5) is 14.2. The van der Waals surface area contributed by atoms with E-state index in [1.807, 2.05) is 30.9 Å². The second kappa shape index (κ2) is 7.43. The molecule has 132 valence electrons. The van der Waals surface area contributed by atoms with Gasteiger partial charge in [-0.1, -0.05) is 32.9 Å². The molecule has 1 amide bonds. The van der Waals surface area contributed by atoms with Gasteiger partial charge in [0.1, 0.15) is 13.2 Å². The second-order valence-electron chi connectivity index (χ2n) is 7.13. The highest BCUT2D eigenvalue weighted by molar-refractivity contribution is 5.78. The molecular formula is C19H28N2O3. The van der Waals surface area contributed by atoms with Crippen LogP contribution in [0.2, 0.25) is 0 Å². The molecule has 0 bridgehead atoms. The number of nitrogens with zero attached hydrogens (tertiary/aromatic N) is 1. The van der Waals surface area contributed by atoms with E-state index in [0.29, 0.717) is 25.2 Å². The predicted molar refractivity (Wildman–Crippen MR) is 93.3 cm³/mol. The largest absolute Gasteiger partial charge is 0.486 e. The van der Waals surface area contributed by atoms with Gasteiger partial charge in [0, 0.05) is 37.2 Å². The molecule has 1 N–H and O–H groups in total. The fourth-order valence-electron chi connectivity index (χ4n) is 3.53. The highest BCUT2D eigenvalue weighted by atomic mass is 16.6. The van der Waals surface area contributed by atoms with Gasteiger partial charge in [0.15, 0.2) is 11.5 Å². The van der Waals surface area contributed by atoms with Crippen molar-refractivity contribution in [1.82, 2.24) is 10.2 Å². The van der Waals surface area contributed by atoms with E-state index in [0.717, 1.165) is 43.1 Å². The highest BCUT2D eigenvalue weighted by Gasteiger charge is 2.29. The van der Waals surface area contributed by atoms with Crippen LogP contribution in [0.25, 0.3) is 0 Å². The lowest BCUT2D eigenvalue weighted by atomic mass is 9.92. The van der Waals surface area contributed by atoms with E-state index in [1.165, 1.54) is 0 Å². The van der Waals surface area contributed by atoms with E-state index < -0.39 is 0 Å². The van der Waals surface area contributed by atoms with Crippen LogP contribution in [0.1, 0.15) is 32.8 Å². The molecule has 0 saturated carbocycles. The molecule has 2 aliphatic heterocycles. The van der Waals surface area contributed by atoms with Crippen LogP contribution in [0, 0.1) is 11.8 Å². The summed E-state index contributed by atoms with van der Waals surface area (Å²) >= 11 is 0. The zero-order valence-corrected chi connectivity index (χ0v) is 14.9. The van der Waals surface area contributed by atoms with Crippen LogP contribution in [0.3, 0.4) is 0 Å². The van der Waals surface area contributed by atoms with Gasteiger partial charge >= 0.3 is 0 Å². The Kier molecular flexibility index (Phi) is 5.29. The lowest BCUT2D eigenvalue weighted by Crippen LogP contribution is -2.50. The van der Waals surface area contributed by atoms with Crippen molar-refractivity contribution in [3.63, 3.8) is 0 Å². The Morgan fingerprint density at radius 3 is 2.88 bits per heavy atom. The second-order valence-corrected chi connectivity index (χ2v) is 7.13. The Morgan fingerprint density at radius 1 is 1.33 bits per heavy atom. The van der Waals surface area contributed by atoms with Crippen LogP contribution in [-0.4, -0.2) is 43.2 Å². The van der Waals surface area contributed by atoms with Crippen molar-refractivity contribution >= 4 is 5.91 Å². The minimum atomic E-state index is 0.0784. The van der Waals surface area contributed by atoms with Crippen molar-refractivity contribution in [3.8, 4) is 11.5 Å². The van der Waals surface area contributed by atoms with E-state index >= 15 is 0 Å². The van der Waals surface area contributed by atoms with E-state index in [4.69, 9.17) is 9.47 Å². The molecule has 2 aliphatic rings. The SMILES string of the molecule is CC(C)C(=O)N1CC[C@@H](NCc2cccc3c2OCCO3)[C@H](C)C1. The minimum Gasteiger partial charge on any atom is -0.486 e. The number of hydrogen-bond donors (Lipinski definition) is 1. The molecule has 0 aliphatic carbocycles. The smallest absolute Gasteiger partial charge is 0.225 e. The maximum atomic E-state index is 12.2. The molecular weight excluding hydrogens is 304 g/mol. The third kappa shape index (κ3) is 3.66. The fraction of sp³-hybridized carbons (Fsp3) is 0.632. The van der Waals surface area contributed by atoms with Crippen LogP contribution < -0.4 is 14.8 Å². The number of fused-ring (bicyclic) bond motifs is 1. The number of rotatable bonds is 4. The summed E-state index contributed by atoms with van der Waals surface area (Å²) in [5.74, 6) is 2.50. The first-order chi connectivity index (χ1) is 11.6. The Morgan fingerprint density at radius 2 is 2.12 bits per heavy atom. The van der Waals surface area contributed by atoms with E-state index in [9.17, 15) is 4.79 Å². The molecule has 0 spiro atoms. The van der Waals surface area contributed by atoms with Crippen molar-refractivity contribution in [1.29, 1.82) is 0 Å². The van der Waals surface area contributed by atoms with Gasteiger partial charge in [0.25, 0.3) is 0 Å². The highest BCUT2D eigenvalue weighted by Crippen LogP contribution is 2.33. The van der Waals surface area contributed by atoms with Gasteiger partial charge < -0.3 is 19.7 Å². The molecule has 5 nitrogen and oxygen atoms in total. The summed E-state index contributed by atoms with van der Waals surface area (Å²) < 4.78 is 11.4. The normalized spacial score (nSPS) is 23.4. The van der Waals surface area contributed by atoms with Crippen molar-refractivity contribution in [2.75, 3.05) is 26.3 Å². The average molecular weight is 332 g/mol. The molecule has 2 heterocycles. The maximum absolute atomic E-state index is 12.2. The third-order valence-corrected chi connectivity index (χ3v) is 4.91. The third-order valence-electron chi connectivity index (χ3n) is 4.91. The summed E-state index contributed by atoms with van der Waals surface area (Å²) in [6.45, 7) is 9.82.